The predicted molar refractivity (Wildman–Crippen MR) is 78.5 cm³/mol. The Balaban J connectivity index is 1.92. The van der Waals surface area contributed by atoms with E-state index in [-0.39, 0.29) is 24.8 Å². The van der Waals surface area contributed by atoms with Crippen molar-refractivity contribution in [3.05, 3.63) is 29.8 Å². The summed E-state index contributed by atoms with van der Waals surface area (Å²) in [4.78, 5) is 24.8. The average Bonchev–Trinajstić information content (AvgIpc) is 2.52. The molecule has 1 aliphatic heterocycles. The lowest BCUT2D eigenvalue weighted by atomic mass is 9.82. The van der Waals surface area contributed by atoms with Crippen molar-refractivity contribution in [2.45, 2.75) is 25.9 Å². The van der Waals surface area contributed by atoms with Crippen molar-refractivity contribution in [1.82, 2.24) is 4.90 Å². The molecule has 1 aromatic carbocycles. The van der Waals surface area contributed by atoms with E-state index in [0.29, 0.717) is 19.4 Å². The van der Waals surface area contributed by atoms with Crippen molar-refractivity contribution in [2.75, 3.05) is 19.7 Å². The van der Waals surface area contributed by atoms with Gasteiger partial charge in [-0.1, -0.05) is 0 Å². The van der Waals surface area contributed by atoms with Gasteiger partial charge < -0.3 is 14.7 Å². The lowest BCUT2D eigenvalue weighted by Gasteiger charge is -2.37. The van der Waals surface area contributed by atoms with Crippen molar-refractivity contribution in [1.29, 1.82) is 0 Å². The first-order valence-corrected chi connectivity index (χ1v) is 7.43. The predicted octanol–water partition coefficient (Wildman–Crippen LogP) is 2.80. The highest BCUT2D eigenvalue weighted by Gasteiger charge is 2.39. The van der Waals surface area contributed by atoms with Crippen LogP contribution < -0.4 is 4.74 Å². The van der Waals surface area contributed by atoms with Crippen LogP contribution in [0, 0.1) is 5.41 Å². The Hall–Kier alpha value is -2.25. The van der Waals surface area contributed by atoms with Crippen molar-refractivity contribution >= 4 is 11.9 Å². The fraction of sp³-hybridized carbons (Fsp3) is 0.500. The van der Waals surface area contributed by atoms with E-state index in [1.807, 2.05) is 0 Å². The molecule has 0 radical (unpaired) electrons. The van der Waals surface area contributed by atoms with Gasteiger partial charge in [0.15, 0.2) is 6.61 Å². The molecule has 1 amide bonds. The van der Waals surface area contributed by atoms with Crippen LogP contribution in [0.4, 0.5) is 13.2 Å². The number of amides is 1. The van der Waals surface area contributed by atoms with Gasteiger partial charge >= 0.3 is 12.1 Å². The quantitative estimate of drug-likeness (QED) is 0.911. The third kappa shape index (κ3) is 4.18. The van der Waals surface area contributed by atoms with Crippen molar-refractivity contribution in [3.63, 3.8) is 0 Å². The average molecular weight is 345 g/mol. The molecule has 0 aliphatic carbocycles. The Morgan fingerprint density at radius 2 is 1.92 bits per heavy atom. The molecular weight excluding hydrogens is 327 g/mol. The topological polar surface area (TPSA) is 66.8 Å². The summed E-state index contributed by atoms with van der Waals surface area (Å²) in [6, 6.07) is 4.05. The molecule has 0 spiro atoms. The molecule has 24 heavy (non-hydrogen) atoms. The maximum atomic E-state index is 12.5. The van der Waals surface area contributed by atoms with Crippen molar-refractivity contribution in [3.8, 4) is 5.75 Å². The van der Waals surface area contributed by atoms with E-state index >= 15 is 0 Å². The molecule has 2 rings (SSSR count). The van der Waals surface area contributed by atoms with E-state index in [2.05, 4.69) is 0 Å². The first-order chi connectivity index (χ1) is 11.1. The van der Waals surface area contributed by atoms with E-state index in [4.69, 9.17) is 4.74 Å². The van der Waals surface area contributed by atoms with Crippen LogP contribution in [0.25, 0.3) is 0 Å². The summed E-state index contributed by atoms with van der Waals surface area (Å²) >= 11 is 0. The van der Waals surface area contributed by atoms with Gasteiger partial charge in [0.1, 0.15) is 5.75 Å². The van der Waals surface area contributed by atoms with E-state index in [9.17, 15) is 27.9 Å². The van der Waals surface area contributed by atoms with E-state index in [1.165, 1.54) is 4.90 Å². The number of ether oxygens (including phenoxy) is 1. The monoisotopic (exact) mass is 345 g/mol. The summed E-state index contributed by atoms with van der Waals surface area (Å²) < 4.78 is 42.6. The van der Waals surface area contributed by atoms with Gasteiger partial charge in [-0.25, -0.2) is 0 Å². The molecule has 0 saturated carbocycles. The molecule has 8 heteroatoms. The van der Waals surface area contributed by atoms with E-state index < -0.39 is 23.1 Å². The third-order valence-corrected chi connectivity index (χ3v) is 4.11. The fourth-order valence-electron chi connectivity index (χ4n) is 2.60. The first-order valence-electron chi connectivity index (χ1n) is 7.43. The van der Waals surface area contributed by atoms with Gasteiger partial charge in [0, 0.05) is 13.1 Å². The number of likely N-dealkylation sites (tertiary alicyclic amines) is 1. The fourth-order valence-corrected chi connectivity index (χ4v) is 2.60. The molecule has 5 nitrogen and oxygen atoms in total. The zero-order valence-corrected chi connectivity index (χ0v) is 13.1. The van der Waals surface area contributed by atoms with Crippen molar-refractivity contribution in [2.24, 2.45) is 5.41 Å². The maximum Gasteiger partial charge on any atom is 0.416 e. The summed E-state index contributed by atoms with van der Waals surface area (Å²) in [6.07, 6.45) is -3.36. The number of halogens is 3. The Bertz CT molecular complexity index is 615. The number of hydrogen-bond donors (Lipinski definition) is 1. The van der Waals surface area contributed by atoms with Crippen LogP contribution in [0.2, 0.25) is 0 Å². The van der Waals surface area contributed by atoms with Crippen LogP contribution in [0.3, 0.4) is 0 Å². The van der Waals surface area contributed by atoms with Gasteiger partial charge in [0.2, 0.25) is 0 Å². The van der Waals surface area contributed by atoms with Crippen LogP contribution in [-0.4, -0.2) is 41.6 Å². The zero-order chi connectivity index (χ0) is 18.0. The van der Waals surface area contributed by atoms with E-state index in [1.54, 1.807) is 6.92 Å². The molecule has 0 aromatic heterocycles. The molecule has 1 aliphatic rings. The lowest BCUT2D eigenvalue weighted by Crippen LogP contribution is -2.49. The standard InChI is InChI=1S/C16H18F3NO4/c1-15(14(22)23)7-2-8-20(10-15)13(21)9-24-12-5-3-11(4-6-12)16(17,18)19/h3-6H,2,7-10H2,1H3,(H,22,23). The molecule has 1 fully saturated rings. The number of carbonyl (C=O) groups excluding carboxylic acids is 1. The van der Waals surface area contributed by atoms with Crippen LogP contribution in [0.5, 0.6) is 5.75 Å². The Morgan fingerprint density at radius 3 is 2.46 bits per heavy atom. The molecule has 1 aromatic rings. The van der Waals surface area contributed by atoms with Crippen molar-refractivity contribution < 1.29 is 32.6 Å². The second-order valence-corrected chi connectivity index (χ2v) is 6.10. The Morgan fingerprint density at radius 1 is 1.29 bits per heavy atom. The van der Waals surface area contributed by atoms with Gasteiger partial charge in [-0.2, -0.15) is 13.2 Å². The molecule has 0 bridgehead atoms. The highest BCUT2D eigenvalue weighted by Crippen LogP contribution is 2.31. The van der Waals surface area contributed by atoms with Crippen LogP contribution in [0.15, 0.2) is 24.3 Å². The van der Waals surface area contributed by atoms with Gasteiger partial charge in [-0.15, -0.1) is 0 Å². The number of rotatable bonds is 4. The van der Waals surface area contributed by atoms with Crippen LogP contribution in [0.1, 0.15) is 25.3 Å². The molecule has 1 atom stereocenters. The zero-order valence-electron chi connectivity index (χ0n) is 13.1. The third-order valence-electron chi connectivity index (χ3n) is 4.11. The van der Waals surface area contributed by atoms with Gasteiger partial charge in [-0.05, 0) is 44.0 Å². The minimum Gasteiger partial charge on any atom is -0.484 e. The highest BCUT2D eigenvalue weighted by atomic mass is 19.4. The number of carboxylic acid groups (broad SMARTS) is 1. The first kappa shape index (κ1) is 18.1. The number of carbonyl (C=O) groups is 2. The largest absolute Gasteiger partial charge is 0.484 e. The molecule has 1 N–H and O–H groups in total. The normalized spacial score (nSPS) is 21.4. The number of piperidine rings is 1. The second-order valence-electron chi connectivity index (χ2n) is 6.10. The molecular formula is C16H18F3NO4. The van der Waals surface area contributed by atoms with Gasteiger partial charge in [-0.3, -0.25) is 9.59 Å². The summed E-state index contributed by atoms with van der Waals surface area (Å²) in [7, 11) is 0. The summed E-state index contributed by atoms with van der Waals surface area (Å²) in [5.41, 5.74) is -1.78. The van der Waals surface area contributed by atoms with E-state index in [0.717, 1.165) is 24.3 Å². The minimum atomic E-state index is -4.43. The van der Waals surface area contributed by atoms with Crippen LogP contribution >= 0.6 is 0 Å². The Kier molecular flexibility index (Phi) is 5.05. The molecule has 1 heterocycles. The highest BCUT2D eigenvalue weighted by molar-refractivity contribution is 5.80. The minimum absolute atomic E-state index is 0.0948. The number of aliphatic carboxylic acids is 1. The second kappa shape index (κ2) is 6.70. The number of benzene rings is 1. The lowest BCUT2D eigenvalue weighted by molar-refractivity contribution is -0.154. The molecule has 132 valence electrons. The van der Waals surface area contributed by atoms with Gasteiger partial charge in [0.05, 0.1) is 11.0 Å². The summed E-state index contributed by atoms with van der Waals surface area (Å²) in [5, 5.41) is 9.24. The summed E-state index contributed by atoms with van der Waals surface area (Å²) in [5.74, 6) is -1.19. The molecule has 1 saturated heterocycles. The number of carboxylic acids is 1. The maximum absolute atomic E-state index is 12.5. The number of nitrogens with zero attached hydrogens (tertiary/aromatic N) is 1. The van der Waals surface area contributed by atoms with Crippen LogP contribution in [-0.2, 0) is 15.8 Å². The molecule has 1 unspecified atom stereocenters. The smallest absolute Gasteiger partial charge is 0.416 e. The number of hydrogen-bond acceptors (Lipinski definition) is 3. The number of alkyl halides is 3. The summed E-state index contributed by atoms with van der Waals surface area (Å²) in [6.45, 7) is 1.78. The Labute approximate surface area is 137 Å². The SMILES string of the molecule is CC1(C(=O)O)CCCN(C(=O)COc2ccc(C(F)(F)F)cc2)C1. The van der Waals surface area contributed by atoms with Gasteiger partial charge in [0.25, 0.3) is 5.91 Å².